The van der Waals surface area contributed by atoms with Gasteiger partial charge in [0.15, 0.2) is 5.78 Å². The Kier molecular flexibility index (Phi) is 1.56. The highest BCUT2D eigenvalue weighted by molar-refractivity contribution is 9.10. The van der Waals surface area contributed by atoms with Crippen molar-refractivity contribution in [3.63, 3.8) is 0 Å². The zero-order valence-corrected chi connectivity index (χ0v) is 8.97. The Morgan fingerprint density at radius 1 is 1.14 bits per heavy atom. The van der Waals surface area contributed by atoms with Crippen LogP contribution >= 0.6 is 15.9 Å². The molecule has 0 amide bonds. The minimum Gasteiger partial charge on any atom is -0.294 e. The number of hydrogen-bond acceptors (Lipinski definition) is 1. The van der Waals surface area contributed by atoms with Crippen molar-refractivity contribution in [2.45, 2.75) is 6.42 Å². The monoisotopic (exact) mass is 246 g/mol. The van der Waals surface area contributed by atoms with Gasteiger partial charge in [0.05, 0.1) is 0 Å². The first-order chi connectivity index (χ1) is 6.77. The van der Waals surface area contributed by atoms with Crippen LogP contribution < -0.4 is 0 Å². The molecule has 1 aliphatic carbocycles. The third kappa shape index (κ3) is 0.919. The molecule has 2 heteroatoms. The zero-order chi connectivity index (χ0) is 9.71. The lowest BCUT2D eigenvalue weighted by Crippen LogP contribution is -1.93. The molecule has 0 radical (unpaired) electrons. The first-order valence-electron chi connectivity index (χ1n) is 4.50. The van der Waals surface area contributed by atoms with Gasteiger partial charge in [0, 0.05) is 16.5 Å². The summed E-state index contributed by atoms with van der Waals surface area (Å²) in [6.45, 7) is 0. The predicted molar refractivity (Wildman–Crippen MR) is 59.7 cm³/mol. The van der Waals surface area contributed by atoms with Crippen molar-refractivity contribution < 1.29 is 4.79 Å². The second kappa shape index (κ2) is 2.67. The van der Waals surface area contributed by atoms with Crippen LogP contribution in [0.4, 0.5) is 0 Å². The van der Waals surface area contributed by atoms with Gasteiger partial charge in [0.2, 0.25) is 0 Å². The van der Waals surface area contributed by atoms with Gasteiger partial charge >= 0.3 is 0 Å². The molecular formula is C12H7BrO. The highest BCUT2D eigenvalue weighted by Gasteiger charge is 2.22. The molecule has 0 aliphatic heterocycles. The van der Waals surface area contributed by atoms with Crippen molar-refractivity contribution >= 4 is 32.5 Å². The third-order valence-electron chi connectivity index (χ3n) is 2.73. The summed E-state index contributed by atoms with van der Waals surface area (Å²) in [7, 11) is 0. The summed E-state index contributed by atoms with van der Waals surface area (Å²) in [5.74, 6) is 0.234. The lowest BCUT2D eigenvalue weighted by Gasteiger charge is -2.01. The number of rotatable bonds is 0. The summed E-state index contributed by atoms with van der Waals surface area (Å²) in [5, 5.41) is 2.29. The lowest BCUT2D eigenvalue weighted by atomic mass is 10.1. The highest BCUT2D eigenvalue weighted by Crippen LogP contribution is 2.35. The Balaban J connectivity index is 2.58. The molecule has 14 heavy (non-hydrogen) atoms. The Labute approximate surface area is 89.9 Å². The van der Waals surface area contributed by atoms with E-state index in [4.69, 9.17) is 0 Å². The fourth-order valence-electron chi connectivity index (χ4n) is 2.09. The third-order valence-corrected chi connectivity index (χ3v) is 3.48. The van der Waals surface area contributed by atoms with Crippen molar-refractivity contribution in [2.24, 2.45) is 0 Å². The van der Waals surface area contributed by atoms with E-state index in [-0.39, 0.29) is 5.78 Å². The number of hydrogen-bond donors (Lipinski definition) is 0. The maximum Gasteiger partial charge on any atom is 0.167 e. The number of carbonyl (C=O) groups is 1. The second-order valence-corrected chi connectivity index (χ2v) is 4.38. The van der Waals surface area contributed by atoms with E-state index in [2.05, 4.69) is 15.9 Å². The Morgan fingerprint density at radius 2 is 2.00 bits per heavy atom. The van der Waals surface area contributed by atoms with Crippen LogP contribution in [0, 0.1) is 0 Å². The maximum atomic E-state index is 11.7. The quantitative estimate of drug-likeness (QED) is 0.697. The smallest absolute Gasteiger partial charge is 0.167 e. The minimum atomic E-state index is 0.234. The fourth-order valence-corrected chi connectivity index (χ4v) is 2.56. The van der Waals surface area contributed by atoms with E-state index in [9.17, 15) is 4.79 Å². The van der Waals surface area contributed by atoms with Crippen LogP contribution in [0.3, 0.4) is 0 Å². The maximum absolute atomic E-state index is 11.7. The molecule has 0 saturated heterocycles. The van der Waals surface area contributed by atoms with Crippen LogP contribution in [0.1, 0.15) is 15.9 Å². The number of carbonyl (C=O) groups excluding carboxylic acids is 1. The predicted octanol–water partition coefficient (Wildman–Crippen LogP) is 3.34. The van der Waals surface area contributed by atoms with Gasteiger partial charge in [0.25, 0.3) is 0 Å². The van der Waals surface area contributed by atoms with Gasteiger partial charge in [-0.2, -0.15) is 0 Å². The molecule has 1 nitrogen and oxygen atoms in total. The molecule has 2 aromatic rings. The summed E-state index contributed by atoms with van der Waals surface area (Å²) in [6.07, 6.45) is 0.539. The molecule has 0 bridgehead atoms. The van der Waals surface area contributed by atoms with E-state index in [0.29, 0.717) is 6.42 Å². The second-order valence-electron chi connectivity index (χ2n) is 3.53. The molecule has 0 spiro atoms. The van der Waals surface area contributed by atoms with E-state index in [1.807, 2.05) is 30.3 Å². The molecule has 0 N–H and O–H groups in total. The van der Waals surface area contributed by atoms with Gasteiger partial charge in [-0.1, -0.05) is 40.2 Å². The van der Waals surface area contributed by atoms with Crippen LogP contribution in [0.15, 0.2) is 34.8 Å². The van der Waals surface area contributed by atoms with E-state index >= 15 is 0 Å². The summed E-state index contributed by atoms with van der Waals surface area (Å²) < 4.78 is 1.04. The molecule has 0 saturated carbocycles. The van der Waals surface area contributed by atoms with Gasteiger partial charge in [-0.05, 0) is 22.4 Å². The molecule has 68 valence electrons. The molecule has 0 atom stereocenters. The van der Waals surface area contributed by atoms with Crippen LogP contribution in [-0.2, 0) is 6.42 Å². The van der Waals surface area contributed by atoms with E-state index < -0.39 is 0 Å². The average Bonchev–Trinajstić information content (AvgIpc) is 2.53. The van der Waals surface area contributed by atoms with Crippen molar-refractivity contribution in [1.29, 1.82) is 0 Å². The average molecular weight is 247 g/mol. The molecule has 2 aromatic carbocycles. The molecule has 0 heterocycles. The normalized spacial score (nSPS) is 13.9. The number of ketones is 1. The number of Topliss-reactive ketones (excluding diaryl/α,β-unsaturated/α-hetero) is 1. The molecule has 0 aromatic heterocycles. The zero-order valence-electron chi connectivity index (χ0n) is 7.38. The summed E-state index contributed by atoms with van der Waals surface area (Å²) in [4.78, 5) is 11.7. The van der Waals surface area contributed by atoms with Gasteiger partial charge in [-0.25, -0.2) is 0 Å². The summed E-state index contributed by atoms with van der Waals surface area (Å²) >= 11 is 3.49. The highest BCUT2D eigenvalue weighted by atomic mass is 79.9. The standard InChI is InChI=1S/C12H7BrO/c13-10-5-4-7-2-1-3-8-11(14)6-9(10)12(7)8/h1-5H,6H2. The van der Waals surface area contributed by atoms with E-state index in [0.717, 1.165) is 26.4 Å². The summed E-state index contributed by atoms with van der Waals surface area (Å²) in [5.41, 5.74) is 2.02. The van der Waals surface area contributed by atoms with Crippen LogP contribution in [0.25, 0.3) is 10.8 Å². The SMILES string of the molecule is O=C1Cc2c(Br)ccc3cccc1c23. The van der Waals surface area contributed by atoms with E-state index in [1.54, 1.807) is 0 Å². The van der Waals surface area contributed by atoms with Gasteiger partial charge < -0.3 is 0 Å². The molecular weight excluding hydrogens is 240 g/mol. The molecule has 0 fully saturated rings. The fraction of sp³-hybridized carbons (Fsp3) is 0.0833. The Morgan fingerprint density at radius 3 is 2.86 bits per heavy atom. The molecule has 0 unspecified atom stereocenters. The molecule has 3 rings (SSSR count). The first kappa shape index (κ1) is 8.18. The van der Waals surface area contributed by atoms with Crippen LogP contribution in [0.5, 0.6) is 0 Å². The number of halogens is 1. The minimum absolute atomic E-state index is 0.234. The Bertz CT molecular complexity index is 557. The van der Waals surface area contributed by atoms with Crippen molar-refractivity contribution in [2.75, 3.05) is 0 Å². The van der Waals surface area contributed by atoms with Crippen molar-refractivity contribution in [3.05, 3.63) is 45.9 Å². The van der Waals surface area contributed by atoms with Crippen LogP contribution in [0.2, 0.25) is 0 Å². The van der Waals surface area contributed by atoms with Gasteiger partial charge in [0.1, 0.15) is 0 Å². The van der Waals surface area contributed by atoms with Gasteiger partial charge in [-0.3, -0.25) is 4.79 Å². The van der Waals surface area contributed by atoms with Gasteiger partial charge in [-0.15, -0.1) is 0 Å². The lowest BCUT2D eigenvalue weighted by molar-refractivity contribution is 0.0999. The first-order valence-corrected chi connectivity index (χ1v) is 5.30. The number of benzene rings is 2. The van der Waals surface area contributed by atoms with Crippen LogP contribution in [-0.4, -0.2) is 5.78 Å². The Hall–Kier alpha value is -1.15. The van der Waals surface area contributed by atoms with Crippen molar-refractivity contribution in [1.82, 2.24) is 0 Å². The summed E-state index contributed by atoms with van der Waals surface area (Å²) in [6, 6.07) is 9.96. The topological polar surface area (TPSA) is 17.1 Å². The van der Waals surface area contributed by atoms with E-state index in [1.165, 1.54) is 0 Å². The molecule has 1 aliphatic rings. The largest absolute Gasteiger partial charge is 0.294 e. The van der Waals surface area contributed by atoms with Crippen molar-refractivity contribution in [3.8, 4) is 0 Å².